The molecule has 0 aliphatic rings. The molecule has 0 amide bonds. The first-order chi connectivity index (χ1) is 10.0. The number of anilines is 2. The first-order valence-electron chi connectivity index (χ1n) is 6.06. The van der Waals surface area contributed by atoms with Crippen LogP contribution in [0.1, 0.15) is 17.3 Å². The van der Waals surface area contributed by atoms with Gasteiger partial charge >= 0.3 is 5.97 Å². The van der Waals surface area contributed by atoms with Gasteiger partial charge in [-0.15, -0.1) is 0 Å². The lowest BCUT2D eigenvalue weighted by Crippen LogP contribution is -2.06. The van der Waals surface area contributed by atoms with E-state index >= 15 is 0 Å². The Kier molecular flexibility index (Phi) is 4.42. The van der Waals surface area contributed by atoms with Crippen LogP contribution in [0.5, 0.6) is 0 Å². The molecule has 0 unspecified atom stereocenters. The minimum Gasteiger partial charge on any atom is -0.462 e. The smallest absolute Gasteiger partial charge is 0.339 e. The second kappa shape index (κ2) is 6.25. The highest BCUT2D eigenvalue weighted by atomic mass is 19.2. The SMILES string of the molecule is CCOC(=O)c1ccc(Nc2ccc(F)c(F)c2F)nc1. The van der Waals surface area contributed by atoms with E-state index in [-0.39, 0.29) is 23.7 Å². The number of hydrogen-bond donors (Lipinski definition) is 1. The number of ether oxygens (including phenoxy) is 1. The summed E-state index contributed by atoms with van der Waals surface area (Å²) < 4.78 is 44.1. The summed E-state index contributed by atoms with van der Waals surface area (Å²) in [7, 11) is 0. The van der Waals surface area contributed by atoms with Crippen LogP contribution in [0, 0.1) is 17.5 Å². The van der Waals surface area contributed by atoms with Crippen molar-refractivity contribution >= 4 is 17.5 Å². The van der Waals surface area contributed by atoms with Crippen LogP contribution >= 0.6 is 0 Å². The lowest BCUT2D eigenvalue weighted by atomic mass is 10.2. The molecule has 1 aromatic carbocycles. The average Bonchev–Trinajstić information content (AvgIpc) is 2.49. The van der Waals surface area contributed by atoms with E-state index in [2.05, 4.69) is 10.3 Å². The van der Waals surface area contributed by atoms with E-state index in [9.17, 15) is 18.0 Å². The maximum atomic E-state index is 13.5. The number of halogens is 3. The Morgan fingerprint density at radius 1 is 1.19 bits per heavy atom. The summed E-state index contributed by atoms with van der Waals surface area (Å²) in [5.74, 6) is -4.54. The van der Waals surface area contributed by atoms with Crippen LogP contribution < -0.4 is 5.32 Å². The molecule has 2 rings (SSSR count). The van der Waals surface area contributed by atoms with Gasteiger partial charge in [0.25, 0.3) is 0 Å². The van der Waals surface area contributed by atoms with E-state index in [4.69, 9.17) is 4.74 Å². The molecule has 0 fully saturated rings. The summed E-state index contributed by atoms with van der Waals surface area (Å²) in [5, 5.41) is 2.49. The molecule has 1 N–H and O–H groups in total. The molecule has 7 heteroatoms. The van der Waals surface area contributed by atoms with Crippen LogP contribution in [0.4, 0.5) is 24.7 Å². The molecular weight excluding hydrogens is 285 g/mol. The van der Waals surface area contributed by atoms with Crippen molar-refractivity contribution in [3.05, 3.63) is 53.5 Å². The largest absolute Gasteiger partial charge is 0.462 e. The quantitative estimate of drug-likeness (QED) is 0.694. The first-order valence-corrected chi connectivity index (χ1v) is 6.06. The van der Waals surface area contributed by atoms with E-state index in [1.807, 2.05) is 0 Å². The van der Waals surface area contributed by atoms with E-state index < -0.39 is 23.4 Å². The highest BCUT2D eigenvalue weighted by molar-refractivity contribution is 5.89. The van der Waals surface area contributed by atoms with Crippen molar-refractivity contribution in [3.63, 3.8) is 0 Å². The van der Waals surface area contributed by atoms with Crippen molar-refractivity contribution in [2.24, 2.45) is 0 Å². The molecule has 0 atom stereocenters. The highest BCUT2D eigenvalue weighted by Gasteiger charge is 2.14. The van der Waals surface area contributed by atoms with Crippen molar-refractivity contribution in [2.45, 2.75) is 6.92 Å². The van der Waals surface area contributed by atoms with Crippen LogP contribution in [-0.2, 0) is 4.74 Å². The fraction of sp³-hybridized carbons (Fsp3) is 0.143. The monoisotopic (exact) mass is 296 g/mol. The van der Waals surface area contributed by atoms with Crippen molar-refractivity contribution in [2.75, 3.05) is 11.9 Å². The minimum atomic E-state index is -1.57. The van der Waals surface area contributed by atoms with Crippen LogP contribution in [-0.4, -0.2) is 17.6 Å². The number of aromatic nitrogens is 1. The number of benzene rings is 1. The first kappa shape index (κ1) is 14.8. The van der Waals surface area contributed by atoms with Crippen LogP contribution in [0.3, 0.4) is 0 Å². The Bertz CT molecular complexity index is 660. The third-order valence-electron chi connectivity index (χ3n) is 2.57. The normalized spacial score (nSPS) is 10.3. The van der Waals surface area contributed by atoms with Crippen LogP contribution in [0.2, 0.25) is 0 Å². The summed E-state index contributed by atoms with van der Waals surface area (Å²) in [4.78, 5) is 15.3. The van der Waals surface area contributed by atoms with Gasteiger partial charge in [0.1, 0.15) is 5.82 Å². The van der Waals surface area contributed by atoms with Gasteiger partial charge in [-0.1, -0.05) is 0 Å². The third kappa shape index (κ3) is 3.31. The molecule has 110 valence electrons. The molecule has 0 aliphatic carbocycles. The van der Waals surface area contributed by atoms with Gasteiger partial charge in [0.05, 0.1) is 17.9 Å². The second-order valence-corrected chi connectivity index (χ2v) is 4.00. The molecule has 0 aliphatic heterocycles. The number of nitrogens with one attached hydrogen (secondary N) is 1. The molecule has 0 saturated heterocycles. The number of pyridine rings is 1. The van der Waals surface area contributed by atoms with Gasteiger partial charge < -0.3 is 10.1 Å². The van der Waals surface area contributed by atoms with Gasteiger partial charge in [-0.2, -0.15) is 0 Å². The molecule has 1 heterocycles. The molecule has 0 radical (unpaired) electrons. The second-order valence-electron chi connectivity index (χ2n) is 4.00. The zero-order valence-corrected chi connectivity index (χ0v) is 11.0. The molecule has 0 bridgehead atoms. The Morgan fingerprint density at radius 3 is 2.57 bits per heavy atom. The summed E-state index contributed by atoms with van der Waals surface area (Å²) in [6.45, 7) is 1.91. The van der Waals surface area contributed by atoms with Crippen LogP contribution in [0.15, 0.2) is 30.5 Å². The summed E-state index contributed by atoms with van der Waals surface area (Å²) >= 11 is 0. The van der Waals surface area contributed by atoms with Gasteiger partial charge in [0.15, 0.2) is 17.5 Å². The van der Waals surface area contributed by atoms with Crippen molar-refractivity contribution in [3.8, 4) is 0 Å². The Labute approximate surface area is 118 Å². The summed E-state index contributed by atoms with van der Waals surface area (Å²) in [6.07, 6.45) is 1.23. The van der Waals surface area contributed by atoms with E-state index in [0.717, 1.165) is 12.1 Å². The minimum absolute atomic E-state index is 0.174. The number of hydrogen-bond acceptors (Lipinski definition) is 4. The molecule has 1 aromatic heterocycles. The predicted octanol–water partition coefficient (Wildman–Crippen LogP) is 3.42. The van der Waals surface area contributed by atoms with E-state index in [1.165, 1.54) is 18.3 Å². The fourth-order valence-electron chi connectivity index (χ4n) is 1.56. The lowest BCUT2D eigenvalue weighted by Gasteiger charge is -2.08. The van der Waals surface area contributed by atoms with Crippen molar-refractivity contribution in [1.82, 2.24) is 4.98 Å². The molecule has 2 aromatic rings. The number of carbonyl (C=O) groups is 1. The third-order valence-corrected chi connectivity index (χ3v) is 2.57. The Hall–Kier alpha value is -2.57. The van der Waals surface area contributed by atoms with Gasteiger partial charge in [-0.3, -0.25) is 0 Å². The number of rotatable bonds is 4. The predicted molar refractivity (Wildman–Crippen MR) is 69.8 cm³/mol. The lowest BCUT2D eigenvalue weighted by molar-refractivity contribution is 0.0526. The zero-order valence-electron chi connectivity index (χ0n) is 11.0. The molecule has 0 spiro atoms. The maximum absolute atomic E-state index is 13.5. The number of carbonyl (C=O) groups excluding carboxylic acids is 1. The molecule has 21 heavy (non-hydrogen) atoms. The summed E-state index contributed by atoms with van der Waals surface area (Å²) in [6, 6.07) is 4.67. The Morgan fingerprint density at radius 2 is 1.95 bits per heavy atom. The van der Waals surface area contributed by atoms with Crippen molar-refractivity contribution < 1.29 is 22.7 Å². The number of nitrogens with zero attached hydrogens (tertiary/aromatic N) is 1. The van der Waals surface area contributed by atoms with Crippen LogP contribution in [0.25, 0.3) is 0 Å². The average molecular weight is 296 g/mol. The molecule has 4 nitrogen and oxygen atoms in total. The summed E-state index contributed by atoms with van der Waals surface area (Å²) in [5.41, 5.74) is -0.0292. The van der Waals surface area contributed by atoms with E-state index in [0.29, 0.717) is 0 Å². The zero-order chi connectivity index (χ0) is 15.4. The fourth-order valence-corrected chi connectivity index (χ4v) is 1.56. The topological polar surface area (TPSA) is 51.2 Å². The van der Waals surface area contributed by atoms with Gasteiger partial charge in [0, 0.05) is 6.20 Å². The van der Waals surface area contributed by atoms with Gasteiger partial charge in [-0.25, -0.2) is 22.9 Å². The standard InChI is InChI=1S/C14H11F3N2O2/c1-2-21-14(20)8-3-6-11(18-7-8)19-10-5-4-9(15)12(16)13(10)17/h3-7H,2H2,1H3,(H,18,19). The molecular formula is C14H11F3N2O2. The molecule has 0 saturated carbocycles. The Balaban J connectivity index is 2.17. The van der Waals surface area contributed by atoms with E-state index in [1.54, 1.807) is 6.92 Å². The number of esters is 1. The van der Waals surface area contributed by atoms with Gasteiger partial charge in [0.2, 0.25) is 0 Å². The van der Waals surface area contributed by atoms with Crippen molar-refractivity contribution in [1.29, 1.82) is 0 Å². The maximum Gasteiger partial charge on any atom is 0.339 e. The highest BCUT2D eigenvalue weighted by Crippen LogP contribution is 2.22. The van der Waals surface area contributed by atoms with Gasteiger partial charge in [-0.05, 0) is 31.2 Å².